The maximum Gasteiger partial charge on any atom is 0.0713 e. The number of rotatable bonds is 1. The lowest BCUT2D eigenvalue weighted by Gasteiger charge is -2.11. The molecule has 0 aliphatic rings. The zero-order valence-electron chi connectivity index (χ0n) is 5.05. The Labute approximate surface area is 47.4 Å². The highest BCUT2D eigenvalue weighted by atomic mass is 19.0. The first kappa shape index (κ1) is 15.7. The molecule has 0 amide bonds. The summed E-state index contributed by atoms with van der Waals surface area (Å²) in [6.07, 6.45) is 0. The highest BCUT2D eigenvalue weighted by molar-refractivity contribution is 4.63. The second kappa shape index (κ2) is 4.93. The van der Waals surface area contributed by atoms with E-state index < -0.39 is 5.60 Å². The lowest BCUT2D eigenvalue weighted by molar-refractivity contribution is 0.0898. The van der Waals surface area contributed by atoms with Gasteiger partial charge in [0.2, 0.25) is 0 Å². The molecular weight excluding hydrogens is 116 g/mol. The molecule has 0 unspecified atom stereocenters. The summed E-state index contributed by atoms with van der Waals surface area (Å²) in [4.78, 5) is 0. The van der Waals surface area contributed by atoms with Crippen molar-refractivity contribution in [2.75, 3.05) is 6.54 Å². The van der Waals surface area contributed by atoms with Crippen molar-refractivity contribution in [1.82, 2.24) is 0 Å². The molecule has 4 heteroatoms. The van der Waals surface area contributed by atoms with E-state index in [1.165, 1.54) is 0 Å². The Hall–Kier alpha value is -0.220. The molecule has 0 fully saturated rings. The van der Waals surface area contributed by atoms with Crippen LogP contribution in [-0.2, 0) is 0 Å². The number of aliphatic hydroxyl groups is 1. The molecule has 54 valence electrons. The van der Waals surface area contributed by atoms with Gasteiger partial charge in [-0.3, -0.25) is 9.41 Å². The predicted octanol–water partition coefficient (Wildman–Crippen LogP) is 0.0210. The zero-order valence-corrected chi connectivity index (χ0v) is 5.05. The van der Waals surface area contributed by atoms with Gasteiger partial charge >= 0.3 is 0 Å². The van der Waals surface area contributed by atoms with Crippen LogP contribution in [0.5, 0.6) is 0 Å². The number of halogens is 2. The van der Waals surface area contributed by atoms with E-state index in [2.05, 4.69) is 0 Å². The first-order chi connectivity index (χ1) is 2.56. The van der Waals surface area contributed by atoms with Gasteiger partial charge in [0, 0.05) is 6.54 Å². The van der Waals surface area contributed by atoms with Crippen molar-refractivity contribution >= 4 is 0 Å². The maximum atomic E-state index is 8.70. The van der Waals surface area contributed by atoms with Gasteiger partial charge in [-0.05, 0) is 13.8 Å². The second-order valence-electron chi connectivity index (χ2n) is 2.02. The van der Waals surface area contributed by atoms with Gasteiger partial charge in [0.25, 0.3) is 0 Å². The number of nitrogens with two attached hydrogens (primary N) is 1. The van der Waals surface area contributed by atoms with Crippen LogP contribution in [0, 0.1) is 0 Å². The third-order valence-electron chi connectivity index (χ3n) is 0.500. The molecule has 0 aromatic heterocycles. The lowest BCUT2D eigenvalue weighted by Crippen LogP contribution is -2.29. The summed E-state index contributed by atoms with van der Waals surface area (Å²) in [6.45, 7) is 3.67. The van der Waals surface area contributed by atoms with Crippen molar-refractivity contribution in [2.45, 2.75) is 19.4 Å². The summed E-state index contributed by atoms with van der Waals surface area (Å²) in [6, 6.07) is 0. The molecule has 0 heterocycles. The van der Waals surface area contributed by atoms with E-state index >= 15 is 0 Å². The Balaban J connectivity index is -0.000000125. The van der Waals surface area contributed by atoms with E-state index in [0.29, 0.717) is 6.54 Å². The molecule has 0 bridgehead atoms. The second-order valence-corrected chi connectivity index (χ2v) is 2.02. The molecule has 0 aliphatic heterocycles. The largest absolute Gasteiger partial charge is 0.389 e. The van der Waals surface area contributed by atoms with E-state index in [1.54, 1.807) is 13.8 Å². The van der Waals surface area contributed by atoms with Crippen LogP contribution < -0.4 is 5.73 Å². The van der Waals surface area contributed by atoms with E-state index in [9.17, 15) is 0 Å². The van der Waals surface area contributed by atoms with Crippen LogP contribution >= 0.6 is 0 Å². The van der Waals surface area contributed by atoms with Crippen molar-refractivity contribution < 1.29 is 14.5 Å². The highest BCUT2D eigenvalue weighted by Crippen LogP contribution is 1.93. The molecule has 0 aromatic carbocycles. The molecule has 0 rings (SSSR count). The van der Waals surface area contributed by atoms with Gasteiger partial charge < -0.3 is 10.8 Å². The van der Waals surface area contributed by atoms with Gasteiger partial charge in [-0.25, -0.2) is 0 Å². The van der Waals surface area contributed by atoms with Gasteiger partial charge in [-0.1, -0.05) is 0 Å². The van der Waals surface area contributed by atoms with E-state index in [1.807, 2.05) is 0 Å². The summed E-state index contributed by atoms with van der Waals surface area (Å²) in [5.74, 6) is 0. The van der Waals surface area contributed by atoms with Gasteiger partial charge in [-0.15, -0.1) is 0 Å². The van der Waals surface area contributed by atoms with Crippen LogP contribution in [0.25, 0.3) is 0 Å². The average molecular weight is 129 g/mol. The van der Waals surface area contributed by atoms with Crippen LogP contribution in [0.1, 0.15) is 13.8 Å². The first-order valence-corrected chi connectivity index (χ1v) is 1.99. The molecule has 0 radical (unpaired) electrons. The first-order valence-electron chi connectivity index (χ1n) is 1.99. The molecular formula is C4H13F2NO. The van der Waals surface area contributed by atoms with Crippen molar-refractivity contribution in [2.24, 2.45) is 5.73 Å². The topological polar surface area (TPSA) is 46.2 Å². The van der Waals surface area contributed by atoms with Crippen molar-refractivity contribution in [3.8, 4) is 0 Å². The third kappa shape index (κ3) is 17.1. The van der Waals surface area contributed by atoms with Gasteiger partial charge in [0.15, 0.2) is 0 Å². The smallest absolute Gasteiger partial charge is 0.0713 e. The Morgan fingerprint density at radius 3 is 1.50 bits per heavy atom. The highest BCUT2D eigenvalue weighted by Gasteiger charge is 2.06. The minimum absolute atomic E-state index is 0. The quantitative estimate of drug-likeness (QED) is 0.524. The van der Waals surface area contributed by atoms with Crippen LogP contribution in [0.4, 0.5) is 9.41 Å². The molecule has 0 aromatic rings. The van der Waals surface area contributed by atoms with E-state index in [-0.39, 0.29) is 9.41 Å². The fraction of sp³-hybridized carbons (Fsp3) is 1.00. The molecule has 0 spiro atoms. The van der Waals surface area contributed by atoms with Crippen LogP contribution in [0.2, 0.25) is 0 Å². The average Bonchev–Trinajstić information content (AvgIpc) is 1.35. The van der Waals surface area contributed by atoms with Gasteiger partial charge in [0.1, 0.15) is 0 Å². The minimum Gasteiger partial charge on any atom is -0.389 e. The number of hydrogen-bond acceptors (Lipinski definition) is 2. The Morgan fingerprint density at radius 1 is 1.38 bits per heavy atom. The maximum absolute atomic E-state index is 8.70. The molecule has 0 aliphatic carbocycles. The summed E-state index contributed by atoms with van der Waals surface area (Å²) in [7, 11) is 0. The van der Waals surface area contributed by atoms with Crippen LogP contribution in [0.3, 0.4) is 0 Å². The van der Waals surface area contributed by atoms with Gasteiger partial charge in [0.05, 0.1) is 5.60 Å². The standard InChI is InChI=1S/C4H11NO.2FH/c1-4(2,6)3-5;;/h6H,3,5H2,1-2H3;2*1H. The fourth-order valence-corrected chi connectivity index (χ4v) is 0. The zero-order chi connectivity index (χ0) is 5.21. The Kier molecular flexibility index (Phi) is 9.64. The normalized spacial score (nSPS) is 9.00. The molecule has 8 heavy (non-hydrogen) atoms. The molecule has 0 saturated carbocycles. The lowest BCUT2D eigenvalue weighted by atomic mass is 10.1. The summed E-state index contributed by atoms with van der Waals surface area (Å²) in [5.41, 5.74) is 4.38. The molecule has 0 saturated heterocycles. The van der Waals surface area contributed by atoms with E-state index in [4.69, 9.17) is 10.8 Å². The van der Waals surface area contributed by atoms with Crippen molar-refractivity contribution in [3.63, 3.8) is 0 Å². The SMILES string of the molecule is CC(C)(O)CN.F.F. The minimum atomic E-state index is -0.681. The van der Waals surface area contributed by atoms with Crippen molar-refractivity contribution in [1.29, 1.82) is 0 Å². The summed E-state index contributed by atoms with van der Waals surface area (Å²) in [5, 5.41) is 8.70. The molecule has 2 nitrogen and oxygen atoms in total. The monoisotopic (exact) mass is 129 g/mol. The van der Waals surface area contributed by atoms with Crippen LogP contribution in [0.15, 0.2) is 0 Å². The fourth-order valence-electron chi connectivity index (χ4n) is 0. The van der Waals surface area contributed by atoms with E-state index in [0.717, 1.165) is 0 Å². The summed E-state index contributed by atoms with van der Waals surface area (Å²) < 4.78 is 0. The number of hydrogen-bond donors (Lipinski definition) is 2. The molecule has 3 N–H and O–H groups in total. The Bertz CT molecular complexity index is 43.8. The third-order valence-corrected chi connectivity index (χ3v) is 0.500. The Morgan fingerprint density at radius 2 is 1.50 bits per heavy atom. The summed E-state index contributed by atoms with van der Waals surface area (Å²) >= 11 is 0. The van der Waals surface area contributed by atoms with Gasteiger partial charge in [-0.2, -0.15) is 0 Å². The molecule has 0 atom stereocenters. The predicted molar refractivity (Wildman–Crippen MR) is 30.4 cm³/mol. The van der Waals surface area contributed by atoms with Crippen LogP contribution in [-0.4, -0.2) is 17.3 Å². The van der Waals surface area contributed by atoms with Crippen molar-refractivity contribution in [3.05, 3.63) is 0 Å².